The first-order valence-corrected chi connectivity index (χ1v) is 8.51. The lowest BCUT2D eigenvalue weighted by Crippen LogP contribution is -2.19. The molecule has 0 spiro atoms. The summed E-state index contributed by atoms with van der Waals surface area (Å²) in [5, 5.41) is 0.413. The van der Waals surface area contributed by atoms with Crippen molar-refractivity contribution >= 4 is 23.5 Å². The van der Waals surface area contributed by atoms with E-state index in [1.807, 2.05) is 6.92 Å². The average molecular weight is 375 g/mol. The van der Waals surface area contributed by atoms with E-state index in [1.165, 1.54) is 7.11 Å². The van der Waals surface area contributed by atoms with Gasteiger partial charge in [-0.05, 0) is 48.9 Å². The molecule has 0 atom stereocenters. The topological polar surface area (TPSA) is 54.0 Å². The van der Waals surface area contributed by atoms with Gasteiger partial charge in [-0.2, -0.15) is 0 Å². The highest BCUT2D eigenvalue weighted by Gasteiger charge is 2.24. The predicted molar refractivity (Wildman–Crippen MR) is 100.0 cm³/mol. The molecule has 0 amide bonds. The van der Waals surface area contributed by atoms with E-state index < -0.39 is 0 Å². The van der Waals surface area contributed by atoms with Crippen LogP contribution < -0.4 is 18.9 Å². The van der Waals surface area contributed by atoms with Gasteiger partial charge in [-0.25, -0.2) is 0 Å². The van der Waals surface area contributed by atoms with Crippen LogP contribution in [0.25, 0.3) is 6.08 Å². The molecule has 5 nitrogen and oxygen atoms in total. The normalized spacial score (nSPS) is 14.6. The van der Waals surface area contributed by atoms with Gasteiger partial charge in [0.2, 0.25) is 0 Å². The molecule has 1 aliphatic rings. The second kappa shape index (κ2) is 7.70. The summed E-state index contributed by atoms with van der Waals surface area (Å²) in [7, 11) is 3.09. The number of halogens is 1. The Morgan fingerprint density at radius 2 is 2.00 bits per heavy atom. The summed E-state index contributed by atoms with van der Waals surface area (Å²) in [6.07, 6.45) is 1.75. The van der Waals surface area contributed by atoms with Crippen LogP contribution in [0.1, 0.15) is 22.8 Å². The summed E-state index contributed by atoms with van der Waals surface area (Å²) >= 11 is 6.28. The summed E-state index contributed by atoms with van der Waals surface area (Å²) in [6.45, 7) is 2.54. The van der Waals surface area contributed by atoms with Crippen LogP contribution >= 0.6 is 11.6 Å². The molecular weight excluding hydrogens is 356 g/mol. The third-order valence-corrected chi connectivity index (χ3v) is 4.26. The predicted octanol–water partition coefficient (Wildman–Crippen LogP) is 4.41. The minimum absolute atomic E-state index is 0.102. The molecule has 0 radical (unpaired) electrons. The smallest absolute Gasteiger partial charge is 0.196 e. The van der Waals surface area contributed by atoms with Crippen LogP contribution in [0.15, 0.2) is 35.9 Å². The van der Waals surface area contributed by atoms with Gasteiger partial charge >= 0.3 is 0 Å². The Bertz CT molecular complexity index is 873. The highest BCUT2D eigenvalue weighted by atomic mass is 35.5. The van der Waals surface area contributed by atoms with Gasteiger partial charge in [-0.15, -0.1) is 0 Å². The molecule has 0 N–H and O–H groups in total. The van der Waals surface area contributed by atoms with Crippen molar-refractivity contribution in [2.24, 2.45) is 0 Å². The molecule has 0 bridgehead atoms. The highest BCUT2D eigenvalue weighted by Crippen LogP contribution is 2.37. The number of fused-ring (bicyclic) bond motifs is 1. The van der Waals surface area contributed by atoms with Crippen molar-refractivity contribution in [3.8, 4) is 23.0 Å². The Balaban J connectivity index is 1.99. The lowest BCUT2D eigenvalue weighted by molar-refractivity contribution is 0.100. The van der Waals surface area contributed by atoms with Gasteiger partial charge in [0.1, 0.15) is 18.1 Å². The van der Waals surface area contributed by atoms with E-state index >= 15 is 0 Å². The summed E-state index contributed by atoms with van der Waals surface area (Å²) in [4.78, 5) is 12.8. The van der Waals surface area contributed by atoms with Gasteiger partial charge in [-0.3, -0.25) is 4.79 Å². The van der Waals surface area contributed by atoms with Crippen LogP contribution in [0.2, 0.25) is 5.02 Å². The van der Waals surface area contributed by atoms with E-state index in [0.29, 0.717) is 45.8 Å². The van der Waals surface area contributed by atoms with E-state index in [-0.39, 0.29) is 12.4 Å². The van der Waals surface area contributed by atoms with Crippen molar-refractivity contribution in [3.63, 3.8) is 0 Å². The minimum Gasteiger partial charge on any atom is -0.497 e. The van der Waals surface area contributed by atoms with Crippen LogP contribution in [-0.2, 0) is 0 Å². The third kappa shape index (κ3) is 3.48. The van der Waals surface area contributed by atoms with Gasteiger partial charge < -0.3 is 18.9 Å². The summed E-state index contributed by atoms with van der Waals surface area (Å²) in [5.41, 5.74) is 1.73. The summed E-state index contributed by atoms with van der Waals surface area (Å²) < 4.78 is 21.8. The van der Waals surface area contributed by atoms with Crippen LogP contribution in [0.4, 0.5) is 0 Å². The maximum Gasteiger partial charge on any atom is 0.196 e. The largest absolute Gasteiger partial charge is 0.497 e. The van der Waals surface area contributed by atoms with Crippen LogP contribution in [0.5, 0.6) is 23.0 Å². The second-order valence-corrected chi connectivity index (χ2v) is 6.02. The molecule has 0 unspecified atom stereocenters. The number of carbonyl (C=O) groups is 1. The van der Waals surface area contributed by atoms with Gasteiger partial charge in [0, 0.05) is 5.57 Å². The molecule has 2 aromatic carbocycles. The molecule has 0 aromatic heterocycles. The molecular formula is C20H19ClO5. The Labute approximate surface area is 157 Å². The lowest BCUT2D eigenvalue weighted by Gasteiger charge is -2.19. The molecule has 1 aliphatic heterocycles. The van der Waals surface area contributed by atoms with Gasteiger partial charge in [-0.1, -0.05) is 11.6 Å². The van der Waals surface area contributed by atoms with Crippen molar-refractivity contribution in [1.82, 2.24) is 0 Å². The molecule has 3 rings (SSSR count). The number of ketones is 1. The van der Waals surface area contributed by atoms with Crippen molar-refractivity contribution < 1.29 is 23.7 Å². The zero-order valence-electron chi connectivity index (χ0n) is 14.8. The molecule has 2 aromatic rings. The number of hydrogen-bond acceptors (Lipinski definition) is 5. The van der Waals surface area contributed by atoms with Crippen molar-refractivity contribution in [1.29, 1.82) is 0 Å². The Morgan fingerprint density at radius 3 is 2.69 bits per heavy atom. The quantitative estimate of drug-likeness (QED) is 0.725. The van der Waals surface area contributed by atoms with E-state index in [2.05, 4.69) is 0 Å². The number of ether oxygens (including phenoxy) is 4. The van der Waals surface area contributed by atoms with Crippen LogP contribution in [-0.4, -0.2) is 33.2 Å². The lowest BCUT2D eigenvalue weighted by atomic mass is 9.98. The van der Waals surface area contributed by atoms with E-state index in [4.69, 9.17) is 30.5 Å². The second-order valence-electron chi connectivity index (χ2n) is 5.62. The van der Waals surface area contributed by atoms with Crippen LogP contribution in [0.3, 0.4) is 0 Å². The molecule has 0 fully saturated rings. The number of hydrogen-bond donors (Lipinski definition) is 0. The summed E-state index contributed by atoms with van der Waals surface area (Å²) in [6, 6.07) is 8.69. The fourth-order valence-electron chi connectivity index (χ4n) is 2.77. The number of rotatable bonds is 5. The van der Waals surface area contributed by atoms with Crippen LogP contribution in [0, 0.1) is 0 Å². The fourth-order valence-corrected chi connectivity index (χ4v) is 3.07. The number of methoxy groups -OCH3 is 2. The van der Waals surface area contributed by atoms with Crippen molar-refractivity contribution in [3.05, 3.63) is 52.1 Å². The van der Waals surface area contributed by atoms with Crippen molar-refractivity contribution in [2.75, 3.05) is 27.4 Å². The summed E-state index contributed by atoms with van der Waals surface area (Å²) in [5.74, 6) is 2.05. The van der Waals surface area contributed by atoms with E-state index in [9.17, 15) is 4.79 Å². The zero-order chi connectivity index (χ0) is 18.7. The number of Topliss-reactive ketones (excluding diaryl/α,β-unsaturated/α-hetero) is 1. The van der Waals surface area contributed by atoms with Crippen molar-refractivity contribution in [2.45, 2.75) is 6.92 Å². The SMILES string of the molecule is CCOc1cc(/C=C2\COc3ccc(OC)cc3C2=O)cc(Cl)c1OC. The first-order valence-electron chi connectivity index (χ1n) is 8.13. The molecule has 136 valence electrons. The molecule has 0 saturated heterocycles. The highest BCUT2D eigenvalue weighted by molar-refractivity contribution is 6.32. The third-order valence-electron chi connectivity index (χ3n) is 3.98. The van der Waals surface area contributed by atoms with Gasteiger partial charge in [0.05, 0.1) is 31.4 Å². The monoisotopic (exact) mass is 374 g/mol. The number of carbonyl (C=O) groups excluding carboxylic acids is 1. The van der Waals surface area contributed by atoms with Gasteiger partial charge in [0.15, 0.2) is 17.3 Å². The van der Waals surface area contributed by atoms with Gasteiger partial charge in [0.25, 0.3) is 0 Å². The molecule has 26 heavy (non-hydrogen) atoms. The molecule has 0 saturated carbocycles. The Morgan fingerprint density at radius 1 is 1.19 bits per heavy atom. The van der Waals surface area contributed by atoms with E-state index in [1.54, 1.807) is 43.5 Å². The Kier molecular flexibility index (Phi) is 5.38. The maximum atomic E-state index is 12.8. The number of benzene rings is 2. The standard InChI is InChI=1S/C20H19ClO5/c1-4-25-18-9-12(8-16(21)20(18)24-3)7-13-11-26-17-6-5-14(23-2)10-15(17)19(13)22/h5-10H,4,11H2,1-3H3/b13-7+. The Hall–Kier alpha value is -2.66. The fraction of sp³-hybridized carbons (Fsp3) is 0.250. The molecule has 0 aliphatic carbocycles. The first kappa shape index (κ1) is 18.1. The minimum atomic E-state index is -0.102. The zero-order valence-corrected chi connectivity index (χ0v) is 15.6. The molecule has 1 heterocycles. The average Bonchev–Trinajstić information content (AvgIpc) is 2.64. The van der Waals surface area contributed by atoms with E-state index in [0.717, 1.165) is 5.56 Å². The molecule has 6 heteroatoms. The maximum absolute atomic E-state index is 12.8. The first-order chi connectivity index (χ1) is 12.6.